The van der Waals surface area contributed by atoms with Crippen molar-refractivity contribution >= 4 is 17.7 Å². The molecular formula is C20H26N2O3. The first kappa shape index (κ1) is 17.6. The van der Waals surface area contributed by atoms with Crippen LogP contribution in [0.5, 0.6) is 0 Å². The van der Waals surface area contributed by atoms with Gasteiger partial charge in [0.1, 0.15) is 0 Å². The Labute approximate surface area is 149 Å². The molecule has 5 nitrogen and oxygen atoms in total. The van der Waals surface area contributed by atoms with Gasteiger partial charge in [-0.3, -0.25) is 19.3 Å². The molecule has 1 heterocycles. The van der Waals surface area contributed by atoms with E-state index in [1.54, 1.807) is 11.9 Å². The van der Waals surface area contributed by atoms with E-state index < -0.39 is 0 Å². The Morgan fingerprint density at radius 2 is 1.68 bits per heavy atom. The zero-order chi connectivity index (χ0) is 18.0. The van der Waals surface area contributed by atoms with Crippen LogP contribution in [0.2, 0.25) is 0 Å². The smallest absolute Gasteiger partial charge is 0.233 e. The molecule has 1 aliphatic heterocycles. The van der Waals surface area contributed by atoms with Gasteiger partial charge in [0.2, 0.25) is 17.7 Å². The van der Waals surface area contributed by atoms with Gasteiger partial charge in [-0.25, -0.2) is 0 Å². The number of fused-ring (bicyclic) bond motifs is 1. The van der Waals surface area contributed by atoms with Crippen LogP contribution in [0.1, 0.15) is 50.6 Å². The molecule has 1 aliphatic carbocycles. The van der Waals surface area contributed by atoms with Gasteiger partial charge in [-0.15, -0.1) is 0 Å². The fourth-order valence-corrected chi connectivity index (χ4v) is 4.01. The van der Waals surface area contributed by atoms with E-state index in [4.69, 9.17) is 0 Å². The van der Waals surface area contributed by atoms with E-state index in [2.05, 4.69) is 0 Å². The molecule has 3 amide bonds. The minimum absolute atomic E-state index is 0.0405. The zero-order valence-corrected chi connectivity index (χ0v) is 15.0. The number of hydrogen-bond acceptors (Lipinski definition) is 3. The molecule has 1 aromatic carbocycles. The molecule has 0 unspecified atom stereocenters. The predicted octanol–water partition coefficient (Wildman–Crippen LogP) is 2.77. The third-order valence-electron chi connectivity index (χ3n) is 5.74. The number of carbonyl (C=O) groups is 3. The van der Waals surface area contributed by atoms with Crippen molar-refractivity contribution in [2.45, 2.75) is 45.1 Å². The zero-order valence-electron chi connectivity index (χ0n) is 15.0. The standard InChI is InChI=1S/C20H26N2O3/c1-14(15-8-4-3-5-9-15)21(2)18(23)12-13-22-19(24)16-10-6-7-11-17(16)20(22)25/h3-5,8-9,14,16-17H,6-7,10-13H2,1-2H3/t14-,16-,17+/m1/s1. The highest BCUT2D eigenvalue weighted by molar-refractivity contribution is 6.05. The van der Waals surface area contributed by atoms with Crippen molar-refractivity contribution in [1.29, 1.82) is 0 Å². The monoisotopic (exact) mass is 342 g/mol. The molecule has 134 valence electrons. The number of rotatable bonds is 5. The molecule has 0 spiro atoms. The molecular weight excluding hydrogens is 316 g/mol. The number of nitrogens with zero attached hydrogens (tertiary/aromatic N) is 2. The van der Waals surface area contributed by atoms with Crippen molar-refractivity contribution in [3.63, 3.8) is 0 Å². The third kappa shape index (κ3) is 3.46. The maximum atomic E-state index is 12.5. The van der Waals surface area contributed by atoms with Gasteiger partial charge in [0, 0.05) is 20.0 Å². The quantitative estimate of drug-likeness (QED) is 0.773. The number of imide groups is 1. The summed E-state index contributed by atoms with van der Waals surface area (Å²) in [5, 5.41) is 0. The van der Waals surface area contributed by atoms with Crippen LogP contribution < -0.4 is 0 Å². The van der Waals surface area contributed by atoms with Gasteiger partial charge < -0.3 is 4.90 Å². The molecule has 0 aromatic heterocycles. The third-order valence-corrected chi connectivity index (χ3v) is 5.74. The highest BCUT2D eigenvalue weighted by atomic mass is 16.2. The van der Waals surface area contributed by atoms with Crippen LogP contribution in [0.15, 0.2) is 30.3 Å². The van der Waals surface area contributed by atoms with Crippen molar-refractivity contribution in [3.05, 3.63) is 35.9 Å². The Bertz CT molecular complexity index is 634. The second-order valence-corrected chi connectivity index (χ2v) is 7.17. The molecule has 2 aliphatic rings. The summed E-state index contributed by atoms with van der Waals surface area (Å²) < 4.78 is 0. The Kier molecular flexibility index (Phi) is 5.21. The van der Waals surface area contributed by atoms with Crippen molar-refractivity contribution in [1.82, 2.24) is 9.80 Å². The number of likely N-dealkylation sites (tertiary alicyclic amines) is 1. The van der Waals surface area contributed by atoms with E-state index in [9.17, 15) is 14.4 Å². The second-order valence-electron chi connectivity index (χ2n) is 7.17. The van der Waals surface area contributed by atoms with Crippen LogP contribution in [-0.2, 0) is 14.4 Å². The van der Waals surface area contributed by atoms with Gasteiger partial charge in [-0.05, 0) is 25.3 Å². The number of carbonyl (C=O) groups excluding carboxylic acids is 3. The highest BCUT2D eigenvalue weighted by Gasteiger charge is 2.47. The van der Waals surface area contributed by atoms with Gasteiger partial charge in [-0.2, -0.15) is 0 Å². The fourth-order valence-electron chi connectivity index (χ4n) is 4.01. The summed E-state index contributed by atoms with van der Waals surface area (Å²) in [4.78, 5) is 40.5. The maximum Gasteiger partial charge on any atom is 0.233 e. The predicted molar refractivity (Wildman–Crippen MR) is 94.4 cm³/mol. The number of hydrogen-bond donors (Lipinski definition) is 0. The summed E-state index contributed by atoms with van der Waals surface area (Å²) in [5.74, 6) is -0.469. The molecule has 3 atom stereocenters. The van der Waals surface area contributed by atoms with Crippen LogP contribution >= 0.6 is 0 Å². The topological polar surface area (TPSA) is 57.7 Å². The molecule has 0 N–H and O–H groups in total. The molecule has 25 heavy (non-hydrogen) atoms. The lowest BCUT2D eigenvalue weighted by Crippen LogP contribution is -2.36. The van der Waals surface area contributed by atoms with Gasteiger partial charge in [-0.1, -0.05) is 43.2 Å². The first-order chi connectivity index (χ1) is 12.0. The largest absolute Gasteiger partial charge is 0.339 e. The lowest BCUT2D eigenvalue weighted by molar-refractivity contribution is -0.141. The SMILES string of the molecule is C[C@H](c1ccccc1)N(C)C(=O)CCN1C(=O)[C@H]2CCCC[C@H]2C1=O. The van der Waals surface area contributed by atoms with E-state index in [-0.39, 0.29) is 48.6 Å². The van der Waals surface area contributed by atoms with Gasteiger partial charge in [0.15, 0.2) is 0 Å². The molecule has 0 bridgehead atoms. The molecule has 2 fully saturated rings. The minimum atomic E-state index is -0.141. The van der Waals surface area contributed by atoms with Crippen LogP contribution in [0.4, 0.5) is 0 Å². The Hall–Kier alpha value is -2.17. The molecule has 5 heteroatoms. The summed E-state index contributed by atoms with van der Waals surface area (Å²) >= 11 is 0. The lowest BCUT2D eigenvalue weighted by Gasteiger charge is -2.26. The number of benzene rings is 1. The summed E-state index contributed by atoms with van der Waals surface area (Å²) in [6, 6.07) is 9.80. The fraction of sp³-hybridized carbons (Fsp3) is 0.550. The normalized spacial score (nSPS) is 24.2. The molecule has 3 rings (SSSR count). The van der Waals surface area contributed by atoms with E-state index in [0.717, 1.165) is 31.2 Å². The summed E-state index contributed by atoms with van der Waals surface area (Å²) in [7, 11) is 1.77. The highest BCUT2D eigenvalue weighted by Crippen LogP contribution is 2.38. The molecule has 1 saturated heterocycles. The Balaban J connectivity index is 1.58. The van der Waals surface area contributed by atoms with Crippen molar-refractivity contribution in [2.75, 3.05) is 13.6 Å². The Morgan fingerprint density at radius 3 is 2.24 bits per heavy atom. The second kappa shape index (κ2) is 7.38. The maximum absolute atomic E-state index is 12.5. The van der Waals surface area contributed by atoms with Crippen molar-refractivity contribution in [3.8, 4) is 0 Å². The average Bonchev–Trinajstić information content (AvgIpc) is 2.90. The minimum Gasteiger partial charge on any atom is -0.339 e. The lowest BCUT2D eigenvalue weighted by atomic mass is 9.81. The number of amides is 3. The first-order valence-corrected chi connectivity index (χ1v) is 9.16. The molecule has 1 aromatic rings. The van der Waals surface area contributed by atoms with Crippen molar-refractivity contribution in [2.24, 2.45) is 11.8 Å². The van der Waals surface area contributed by atoms with Crippen LogP contribution in [-0.4, -0.2) is 41.1 Å². The van der Waals surface area contributed by atoms with E-state index in [1.807, 2.05) is 37.3 Å². The van der Waals surface area contributed by atoms with Gasteiger partial charge in [0.25, 0.3) is 0 Å². The van der Waals surface area contributed by atoms with E-state index in [1.165, 1.54) is 4.90 Å². The Morgan fingerprint density at radius 1 is 1.12 bits per heavy atom. The average molecular weight is 342 g/mol. The summed E-state index contributed by atoms with van der Waals surface area (Å²) in [5.41, 5.74) is 1.07. The van der Waals surface area contributed by atoms with E-state index >= 15 is 0 Å². The first-order valence-electron chi connectivity index (χ1n) is 9.16. The van der Waals surface area contributed by atoms with Crippen molar-refractivity contribution < 1.29 is 14.4 Å². The summed E-state index contributed by atoms with van der Waals surface area (Å²) in [6.45, 7) is 2.18. The van der Waals surface area contributed by atoms with Crippen LogP contribution in [0.25, 0.3) is 0 Å². The van der Waals surface area contributed by atoms with Gasteiger partial charge in [0.05, 0.1) is 17.9 Å². The van der Waals surface area contributed by atoms with Crippen LogP contribution in [0.3, 0.4) is 0 Å². The van der Waals surface area contributed by atoms with Crippen LogP contribution in [0, 0.1) is 11.8 Å². The summed E-state index contributed by atoms with van der Waals surface area (Å²) in [6.07, 6.45) is 3.84. The van der Waals surface area contributed by atoms with E-state index in [0.29, 0.717) is 0 Å². The molecule has 1 saturated carbocycles. The molecule has 0 radical (unpaired) electrons. The van der Waals surface area contributed by atoms with Gasteiger partial charge >= 0.3 is 0 Å².